The summed E-state index contributed by atoms with van der Waals surface area (Å²) in [6.45, 7) is 11.0. The molecule has 1 N–H and O–H groups in total. The molecule has 2 nitrogen and oxygen atoms in total. The third kappa shape index (κ3) is 2.78. The highest BCUT2D eigenvalue weighted by atomic mass is 15.2. The van der Waals surface area contributed by atoms with Crippen molar-refractivity contribution in [2.75, 3.05) is 19.6 Å². The van der Waals surface area contributed by atoms with E-state index in [1.54, 1.807) is 0 Å². The molecule has 0 amide bonds. The van der Waals surface area contributed by atoms with Crippen molar-refractivity contribution in [2.45, 2.75) is 65.0 Å². The molecule has 0 aromatic carbocycles. The minimum absolute atomic E-state index is 0.530. The van der Waals surface area contributed by atoms with Crippen molar-refractivity contribution in [3.05, 3.63) is 0 Å². The molecule has 2 heteroatoms. The predicted octanol–water partition coefficient (Wildman–Crippen LogP) is 2.64. The van der Waals surface area contributed by atoms with Gasteiger partial charge in [-0.3, -0.25) is 4.90 Å². The molecule has 0 bridgehead atoms. The van der Waals surface area contributed by atoms with Crippen LogP contribution in [0.15, 0.2) is 0 Å². The van der Waals surface area contributed by atoms with Crippen LogP contribution in [0.2, 0.25) is 0 Å². The SMILES string of the molecule is CC1CN(C2CCCCC2(C)C)CCCN1. The van der Waals surface area contributed by atoms with Crippen molar-refractivity contribution in [2.24, 2.45) is 5.41 Å². The van der Waals surface area contributed by atoms with Crippen LogP contribution < -0.4 is 5.32 Å². The van der Waals surface area contributed by atoms with E-state index in [2.05, 4.69) is 31.0 Å². The van der Waals surface area contributed by atoms with Gasteiger partial charge in [0.2, 0.25) is 0 Å². The molecule has 0 aromatic heterocycles. The van der Waals surface area contributed by atoms with Crippen LogP contribution in [0.1, 0.15) is 52.9 Å². The molecule has 0 aromatic rings. The van der Waals surface area contributed by atoms with E-state index in [1.165, 1.54) is 51.7 Å². The van der Waals surface area contributed by atoms with Crippen molar-refractivity contribution in [3.63, 3.8) is 0 Å². The quantitative estimate of drug-likeness (QED) is 0.736. The topological polar surface area (TPSA) is 15.3 Å². The molecule has 0 spiro atoms. The van der Waals surface area contributed by atoms with Crippen molar-refractivity contribution >= 4 is 0 Å². The Hall–Kier alpha value is -0.0800. The smallest absolute Gasteiger partial charge is 0.0166 e. The lowest BCUT2D eigenvalue weighted by atomic mass is 9.72. The Kier molecular flexibility index (Phi) is 3.91. The van der Waals surface area contributed by atoms with Crippen LogP contribution in [0.25, 0.3) is 0 Å². The van der Waals surface area contributed by atoms with Gasteiger partial charge in [0.15, 0.2) is 0 Å². The number of rotatable bonds is 1. The molecule has 2 atom stereocenters. The van der Waals surface area contributed by atoms with Crippen molar-refractivity contribution in [3.8, 4) is 0 Å². The van der Waals surface area contributed by atoms with E-state index in [-0.39, 0.29) is 0 Å². The fourth-order valence-corrected chi connectivity index (χ4v) is 3.57. The normalized spacial score (nSPS) is 36.9. The summed E-state index contributed by atoms with van der Waals surface area (Å²) >= 11 is 0. The minimum Gasteiger partial charge on any atom is -0.313 e. The Morgan fingerprint density at radius 3 is 2.75 bits per heavy atom. The van der Waals surface area contributed by atoms with Crippen LogP contribution in [0.3, 0.4) is 0 Å². The molecule has 2 aliphatic rings. The van der Waals surface area contributed by atoms with Gasteiger partial charge in [0.05, 0.1) is 0 Å². The lowest BCUT2D eigenvalue weighted by Crippen LogP contribution is -2.49. The van der Waals surface area contributed by atoms with Gasteiger partial charge in [-0.25, -0.2) is 0 Å². The average Bonchev–Trinajstić information content (AvgIpc) is 2.42. The third-order valence-corrected chi connectivity index (χ3v) is 4.51. The molecular weight excluding hydrogens is 196 g/mol. The number of hydrogen-bond donors (Lipinski definition) is 1. The summed E-state index contributed by atoms with van der Waals surface area (Å²) in [6.07, 6.45) is 7.02. The van der Waals surface area contributed by atoms with E-state index in [4.69, 9.17) is 0 Å². The van der Waals surface area contributed by atoms with Crippen LogP contribution >= 0.6 is 0 Å². The van der Waals surface area contributed by atoms with E-state index < -0.39 is 0 Å². The van der Waals surface area contributed by atoms with E-state index in [0.717, 1.165) is 6.04 Å². The van der Waals surface area contributed by atoms with Gasteiger partial charge in [-0.05, 0) is 44.7 Å². The fraction of sp³-hybridized carbons (Fsp3) is 1.00. The van der Waals surface area contributed by atoms with Gasteiger partial charge in [-0.1, -0.05) is 26.7 Å². The maximum absolute atomic E-state index is 3.60. The van der Waals surface area contributed by atoms with Crippen molar-refractivity contribution < 1.29 is 0 Å². The fourth-order valence-electron chi connectivity index (χ4n) is 3.57. The zero-order chi connectivity index (χ0) is 11.6. The Balaban J connectivity index is 2.03. The van der Waals surface area contributed by atoms with Crippen molar-refractivity contribution in [1.82, 2.24) is 10.2 Å². The minimum atomic E-state index is 0.530. The second-order valence-electron chi connectivity index (χ2n) is 6.45. The Morgan fingerprint density at radius 2 is 2.00 bits per heavy atom. The van der Waals surface area contributed by atoms with Gasteiger partial charge >= 0.3 is 0 Å². The number of nitrogens with one attached hydrogen (secondary N) is 1. The molecule has 1 saturated carbocycles. The molecule has 94 valence electrons. The molecule has 1 aliphatic carbocycles. The lowest BCUT2D eigenvalue weighted by Gasteiger charge is -2.45. The molecule has 1 aliphatic heterocycles. The zero-order valence-corrected chi connectivity index (χ0v) is 11.3. The number of hydrogen-bond acceptors (Lipinski definition) is 2. The molecule has 0 radical (unpaired) electrons. The Bertz CT molecular complexity index is 225. The summed E-state index contributed by atoms with van der Waals surface area (Å²) in [5, 5.41) is 3.60. The standard InChI is InChI=1S/C14H28N2/c1-12-11-16(10-6-9-15-12)13-7-4-5-8-14(13,2)3/h12-13,15H,4-11H2,1-3H3. The van der Waals surface area contributed by atoms with Crippen LogP contribution in [-0.4, -0.2) is 36.6 Å². The summed E-state index contributed by atoms with van der Waals surface area (Å²) in [7, 11) is 0. The maximum atomic E-state index is 3.60. The largest absolute Gasteiger partial charge is 0.313 e. The lowest BCUT2D eigenvalue weighted by molar-refractivity contribution is 0.0488. The second kappa shape index (κ2) is 5.05. The van der Waals surface area contributed by atoms with Gasteiger partial charge in [0, 0.05) is 18.6 Å². The van der Waals surface area contributed by atoms with Gasteiger partial charge in [0.1, 0.15) is 0 Å². The molecular formula is C14H28N2. The Labute approximate surface area is 101 Å². The summed E-state index contributed by atoms with van der Waals surface area (Å²) < 4.78 is 0. The predicted molar refractivity (Wildman–Crippen MR) is 69.7 cm³/mol. The monoisotopic (exact) mass is 224 g/mol. The van der Waals surface area contributed by atoms with Gasteiger partial charge in [-0.15, -0.1) is 0 Å². The molecule has 1 saturated heterocycles. The first-order valence-electron chi connectivity index (χ1n) is 7.07. The number of nitrogens with zero attached hydrogens (tertiary/aromatic N) is 1. The van der Waals surface area contributed by atoms with Crippen LogP contribution in [0.5, 0.6) is 0 Å². The highest BCUT2D eigenvalue weighted by Gasteiger charge is 2.36. The first-order chi connectivity index (χ1) is 7.59. The molecule has 2 unspecified atom stereocenters. The van der Waals surface area contributed by atoms with Gasteiger partial charge < -0.3 is 5.32 Å². The maximum Gasteiger partial charge on any atom is 0.0166 e. The highest BCUT2D eigenvalue weighted by Crippen LogP contribution is 2.38. The summed E-state index contributed by atoms with van der Waals surface area (Å²) in [5.74, 6) is 0. The van der Waals surface area contributed by atoms with Crippen LogP contribution in [0, 0.1) is 5.41 Å². The average molecular weight is 224 g/mol. The van der Waals surface area contributed by atoms with Gasteiger partial charge in [0.25, 0.3) is 0 Å². The second-order valence-corrected chi connectivity index (χ2v) is 6.45. The van der Waals surface area contributed by atoms with Gasteiger partial charge in [-0.2, -0.15) is 0 Å². The van der Waals surface area contributed by atoms with E-state index >= 15 is 0 Å². The first-order valence-corrected chi connectivity index (χ1v) is 7.07. The highest BCUT2D eigenvalue weighted by molar-refractivity contribution is 4.91. The summed E-state index contributed by atoms with van der Waals surface area (Å²) in [6, 6.07) is 1.49. The molecule has 2 fully saturated rings. The van der Waals surface area contributed by atoms with E-state index in [0.29, 0.717) is 11.5 Å². The molecule has 2 rings (SSSR count). The van der Waals surface area contributed by atoms with Crippen molar-refractivity contribution in [1.29, 1.82) is 0 Å². The molecule has 16 heavy (non-hydrogen) atoms. The third-order valence-electron chi connectivity index (χ3n) is 4.51. The van der Waals surface area contributed by atoms with E-state index in [1.807, 2.05) is 0 Å². The summed E-state index contributed by atoms with van der Waals surface area (Å²) in [4.78, 5) is 2.77. The Morgan fingerprint density at radius 1 is 1.19 bits per heavy atom. The van der Waals surface area contributed by atoms with Crippen LogP contribution in [0.4, 0.5) is 0 Å². The van der Waals surface area contributed by atoms with Crippen LogP contribution in [-0.2, 0) is 0 Å². The summed E-state index contributed by atoms with van der Waals surface area (Å²) in [5.41, 5.74) is 0.530. The first kappa shape index (κ1) is 12.4. The van der Waals surface area contributed by atoms with E-state index in [9.17, 15) is 0 Å². The zero-order valence-electron chi connectivity index (χ0n) is 11.3. The molecule has 1 heterocycles.